The van der Waals surface area contributed by atoms with E-state index in [9.17, 15) is 5.11 Å². The van der Waals surface area contributed by atoms with Crippen molar-refractivity contribution in [1.29, 1.82) is 0 Å². The van der Waals surface area contributed by atoms with Crippen LogP contribution >= 0.6 is 0 Å². The number of hydrogen-bond donors (Lipinski definition) is 1. The molecule has 0 saturated carbocycles. The molecule has 1 unspecified atom stereocenters. The molecule has 1 aliphatic rings. The third-order valence-corrected chi connectivity index (χ3v) is 3.95. The molecule has 0 amide bonds. The topological polar surface area (TPSA) is 32.7 Å². The molecule has 0 radical (unpaired) electrons. The average molecular weight is 263 g/mol. The Bertz CT molecular complexity index is 400. The molecule has 3 nitrogen and oxygen atoms in total. The summed E-state index contributed by atoms with van der Waals surface area (Å²) in [7, 11) is 0. The Morgan fingerprint density at radius 2 is 2.00 bits per heavy atom. The number of morpholine rings is 1. The van der Waals surface area contributed by atoms with Crippen molar-refractivity contribution in [2.24, 2.45) is 0 Å². The van der Waals surface area contributed by atoms with Gasteiger partial charge < -0.3 is 9.84 Å². The molecule has 1 saturated heterocycles. The quantitative estimate of drug-likeness (QED) is 0.906. The molecule has 1 N–H and O–H groups in total. The van der Waals surface area contributed by atoms with E-state index in [4.69, 9.17) is 4.74 Å². The van der Waals surface area contributed by atoms with E-state index < -0.39 is 0 Å². The fraction of sp³-hybridized carbons (Fsp3) is 0.625. The predicted octanol–water partition coefficient (Wildman–Crippen LogP) is 2.53. The van der Waals surface area contributed by atoms with Crippen molar-refractivity contribution in [3.63, 3.8) is 0 Å². The second kappa shape index (κ2) is 6.04. The second-order valence-electron chi connectivity index (χ2n) is 6.07. The molecule has 19 heavy (non-hydrogen) atoms. The van der Waals surface area contributed by atoms with Crippen molar-refractivity contribution in [2.45, 2.75) is 38.8 Å². The number of aryl methyl sites for hydroxylation is 1. The van der Waals surface area contributed by atoms with Crippen molar-refractivity contribution >= 4 is 0 Å². The Hall–Kier alpha value is -0.900. The summed E-state index contributed by atoms with van der Waals surface area (Å²) in [6, 6.07) is 8.14. The van der Waals surface area contributed by atoms with E-state index in [0.29, 0.717) is 0 Å². The molecular weight excluding hydrogens is 238 g/mol. The SMILES string of the molecule is Cc1ccc(C(O)CCN2CCOCC2(C)C)cc1. The standard InChI is InChI=1S/C16H25NO2/c1-13-4-6-14(7-5-13)15(18)8-9-17-10-11-19-12-16(17,2)3/h4-7,15,18H,8-12H2,1-3H3. The largest absolute Gasteiger partial charge is 0.388 e. The first kappa shape index (κ1) is 14.5. The Morgan fingerprint density at radius 1 is 1.32 bits per heavy atom. The molecule has 3 heteroatoms. The zero-order valence-corrected chi connectivity index (χ0v) is 12.2. The molecule has 106 valence electrons. The first-order valence-corrected chi connectivity index (χ1v) is 7.06. The lowest BCUT2D eigenvalue weighted by Gasteiger charge is -2.42. The minimum absolute atomic E-state index is 0.0746. The molecule has 1 heterocycles. The van der Waals surface area contributed by atoms with Crippen LogP contribution in [0.15, 0.2) is 24.3 Å². The van der Waals surface area contributed by atoms with Gasteiger partial charge in [0, 0.05) is 18.6 Å². The molecule has 1 aromatic carbocycles. The maximum atomic E-state index is 10.3. The molecule has 1 fully saturated rings. The first-order chi connectivity index (χ1) is 8.99. The van der Waals surface area contributed by atoms with E-state index in [1.807, 2.05) is 12.1 Å². The van der Waals surface area contributed by atoms with Gasteiger partial charge in [0.05, 0.1) is 19.3 Å². The third kappa shape index (κ3) is 3.78. The summed E-state index contributed by atoms with van der Waals surface area (Å²) in [6.45, 7) is 9.89. The van der Waals surface area contributed by atoms with E-state index in [2.05, 4.69) is 37.8 Å². The van der Waals surface area contributed by atoms with E-state index in [-0.39, 0.29) is 11.6 Å². The van der Waals surface area contributed by atoms with Gasteiger partial charge in [0.25, 0.3) is 0 Å². The Kier molecular flexibility index (Phi) is 4.61. The number of benzene rings is 1. The highest BCUT2D eigenvalue weighted by atomic mass is 16.5. The number of aliphatic hydroxyl groups is 1. The summed E-state index contributed by atoms with van der Waals surface area (Å²) in [5, 5.41) is 10.3. The molecule has 0 aliphatic carbocycles. The van der Waals surface area contributed by atoms with Gasteiger partial charge >= 0.3 is 0 Å². The maximum Gasteiger partial charge on any atom is 0.0802 e. The van der Waals surface area contributed by atoms with Gasteiger partial charge in [-0.1, -0.05) is 29.8 Å². The van der Waals surface area contributed by atoms with Crippen LogP contribution in [-0.4, -0.2) is 41.8 Å². The van der Waals surface area contributed by atoms with Gasteiger partial charge in [-0.2, -0.15) is 0 Å². The van der Waals surface area contributed by atoms with Crippen molar-refractivity contribution < 1.29 is 9.84 Å². The molecule has 1 atom stereocenters. The smallest absolute Gasteiger partial charge is 0.0802 e. The van der Waals surface area contributed by atoms with Crippen LogP contribution in [0.25, 0.3) is 0 Å². The van der Waals surface area contributed by atoms with Gasteiger partial charge in [-0.25, -0.2) is 0 Å². The molecule has 0 aromatic heterocycles. The predicted molar refractivity (Wildman–Crippen MR) is 77.2 cm³/mol. The van der Waals surface area contributed by atoms with Crippen molar-refractivity contribution in [2.75, 3.05) is 26.3 Å². The fourth-order valence-electron chi connectivity index (χ4n) is 2.54. The molecule has 2 rings (SSSR count). The average Bonchev–Trinajstić information content (AvgIpc) is 2.37. The molecule has 0 bridgehead atoms. The Balaban J connectivity index is 1.89. The summed E-state index contributed by atoms with van der Waals surface area (Å²) < 4.78 is 5.52. The first-order valence-electron chi connectivity index (χ1n) is 7.06. The maximum absolute atomic E-state index is 10.3. The minimum atomic E-state index is -0.376. The number of hydrogen-bond acceptors (Lipinski definition) is 3. The lowest BCUT2D eigenvalue weighted by Crippen LogP contribution is -2.53. The lowest BCUT2D eigenvalue weighted by atomic mass is 10.00. The normalized spacial score (nSPS) is 21.3. The van der Waals surface area contributed by atoms with Crippen LogP contribution in [0.4, 0.5) is 0 Å². The number of rotatable bonds is 4. The van der Waals surface area contributed by atoms with Gasteiger partial charge in [-0.3, -0.25) is 4.90 Å². The minimum Gasteiger partial charge on any atom is -0.388 e. The Morgan fingerprint density at radius 3 is 2.63 bits per heavy atom. The van der Waals surface area contributed by atoms with Crippen molar-refractivity contribution in [3.8, 4) is 0 Å². The molecule has 1 aliphatic heterocycles. The highest BCUT2D eigenvalue weighted by molar-refractivity contribution is 5.23. The van der Waals surface area contributed by atoms with Gasteiger partial charge in [0.1, 0.15) is 0 Å². The zero-order chi connectivity index (χ0) is 13.9. The van der Waals surface area contributed by atoms with Gasteiger partial charge in [0.2, 0.25) is 0 Å². The molecular formula is C16H25NO2. The zero-order valence-electron chi connectivity index (χ0n) is 12.2. The van der Waals surface area contributed by atoms with E-state index in [1.165, 1.54) is 5.56 Å². The van der Waals surface area contributed by atoms with Gasteiger partial charge in [0.15, 0.2) is 0 Å². The number of aliphatic hydroxyl groups excluding tert-OH is 1. The van der Waals surface area contributed by atoms with Crippen LogP contribution < -0.4 is 0 Å². The van der Waals surface area contributed by atoms with Crippen LogP contribution in [0.2, 0.25) is 0 Å². The second-order valence-corrected chi connectivity index (χ2v) is 6.07. The number of nitrogens with zero attached hydrogens (tertiary/aromatic N) is 1. The highest BCUT2D eigenvalue weighted by Crippen LogP contribution is 2.23. The van der Waals surface area contributed by atoms with E-state index >= 15 is 0 Å². The summed E-state index contributed by atoms with van der Waals surface area (Å²) in [6.07, 6.45) is 0.395. The summed E-state index contributed by atoms with van der Waals surface area (Å²) in [4.78, 5) is 2.41. The van der Waals surface area contributed by atoms with Crippen LogP contribution in [0.3, 0.4) is 0 Å². The lowest BCUT2D eigenvalue weighted by molar-refractivity contribution is -0.0552. The summed E-state index contributed by atoms with van der Waals surface area (Å²) in [5.41, 5.74) is 2.31. The van der Waals surface area contributed by atoms with Gasteiger partial charge in [-0.15, -0.1) is 0 Å². The Labute approximate surface area is 116 Å². The van der Waals surface area contributed by atoms with Crippen molar-refractivity contribution in [1.82, 2.24) is 4.90 Å². The van der Waals surface area contributed by atoms with E-state index in [1.54, 1.807) is 0 Å². The van der Waals surface area contributed by atoms with Crippen LogP contribution in [0.5, 0.6) is 0 Å². The fourth-order valence-corrected chi connectivity index (χ4v) is 2.54. The van der Waals surface area contributed by atoms with E-state index in [0.717, 1.165) is 38.3 Å². The highest BCUT2D eigenvalue weighted by Gasteiger charge is 2.30. The van der Waals surface area contributed by atoms with Crippen LogP contribution in [-0.2, 0) is 4.74 Å². The van der Waals surface area contributed by atoms with Crippen LogP contribution in [0, 0.1) is 6.92 Å². The van der Waals surface area contributed by atoms with Gasteiger partial charge in [-0.05, 0) is 32.8 Å². The number of ether oxygens (including phenoxy) is 1. The summed E-state index contributed by atoms with van der Waals surface area (Å²) >= 11 is 0. The molecule has 1 aromatic rings. The van der Waals surface area contributed by atoms with Crippen LogP contribution in [0.1, 0.15) is 37.5 Å². The monoisotopic (exact) mass is 263 g/mol. The molecule has 0 spiro atoms. The third-order valence-electron chi connectivity index (χ3n) is 3.95. The summed E-state index contributed by atoms with van der Waals surface area (Å²) in [5.74, 6) is 0. The van der Waals surface area contributed by atoms with Crippen molar-refractivity contribution in [3.05, 3.63) is 35.4 Å².